The summed E-state index contributed by atoms with van der Waals surface area (Å²) in [5, 5.41) is 0. The first-order valence-electron chi connectivity index (χ1n) is 8.15. The lowest BCUT2D eigenvalue weighted by atomic mass is 9.91. The van der Waals surface area contributed by atoms with Gasteiger partial charge in [0.2, 0.25) is 5.91 Å². The van der Waals surface area contributed by atoms with Crippen LogP contribution in [0.3, 0.4) is 0 Å². The minimum atomic E-state index is 0.332. The number of rotatable bonds is 11. The van der Waals surface area contributed by atoms with Crippen LogP contribution in [0, 0.1) is 0 Å². The molecule has 0 aromatic carbocycles. The molecule has 1 rings (SSSR count). The van der Waals surface area contributed by atoms with Gasteiger partial charge in [-0.1, -0.05) is 45.4 Å². The van der Waals surface area contributed by atoms with Crippen molar-refractivity contribution in [2.24, 2.45) is 0 Å². The SMILES string of the molecule is CCCCCCCCCC(=O)N(CCCl)C1CCC1. The lowest BCUT2D eigenvalue weighted by Gasteiger charge is -2.37. The standard InChI is InChI=1S/C16H30ClNO/c1-2-3-4-5-6-7-8-12-16(19)18(14-13-17)15-10-9-11-15/h15H,2-14H2,1H3. The molecule has 0 unspecified atom stereocenters. The normalized spacial score (nSPS) is 15.3. The van der Waals surface area contributed by atoms with Crippen molar-refractivity contribution in [3.05, 3.63) is 0 Å². The number of halogens is 1. The maximum absolute atomic E-state index is 12.2. The monoisotopic (exact) mass is 287 g/mol. The Morgan fingerprint density at radius 1 is 1.11 bits per heavy atom. The number of carbonyl (C=O) groups is 1. The Labute approximate surface area is 123 Å². The number of alkyl halides is 1. The van der Waals surface area contributed by atoms with Crippen molar-refractivity contribution in [3.8, 4) is 0 Å². The Bertz CT molecular complexity index is 241. The van der Waals surface area contributed by atoms with Crippen LogP contribution in [0.4, 0.5) is 0 Å². The summed E-state index contributed by atoms with van der Waals surface area (Å²) < 4.78 is 0. The molecule has 1 aliphatic carbocycles. The molecule has 1 fully saturated rings. The van der Waals surface area contributed by atoms with Gasteiger partial charge in [0.25, 0.3) is 0 Å². The molecule has 3 heteroatoms. The molecule has 0 aliphatic heterocycles. The van der Waals surface area contributed by atoms with Crippen molar-refractivity contribution in [1.82, 2.24) is 4.90 Å². The fourth-order valence-electron chi connectivity index (χ4n) is 2.68. The predicted octanol–water partition coefficient (Wildman–Crippen LogP) is 4.75. The molecular weight excluding hydrogens is 258 g/mol. The van der Waals surface area contributed by atoms with Gasteiger partial charge in [-0.25, -0.2) is 0 Å². The zero-order chi connectivity index (χ0) is 13.9. The largest absolute Gasteiger partial charge is 0.339 e. The van der Waals surface area contributed by atoms with Gasteiger partial charge in [0, 0.05) is 24.9 Å². The van der Waals surface area contributed by atoms with Gasteiger partial charge in [0.15, 0.2) is 0 Å². The zero-order valence-electron chi connectivity index (χ0n) is 12.5. The highest BCUT2D eigenvalue weighted by Crippen LogP contribution is 2.25. The molecule has 19 heavy (non-hydrogen) atoms. The number of amides is 1. The smallest absolute Gasteiger partial charge is 0.222 e. The Morgan fingerprint density at radius 2 is 1.74 bits per heavy atom. The molecule has 0 atom stereocenters. The van der Waals surface area contributed by atoms with E-state index < -0.39 is 0 Å². The summed E-state index contributed by atoms with van der Waals surface area (Å²) in [6, 6.07) is 0.496. The topological polar surface area (TPSA) is 20.3 Å². The van der Waals surface area contributed by atoms with Gasteiger partial charge < -0.3 is 4.90 Å². The molecule has 0 bridgehead atoms. The van der Waals surface area contributed by atoms with E-state index in [2.05, 4.69) is 6.92 Å². The summed E-state index contributed by atoms with van der Waals surface area (Å²) in [7, 11) is 0. The summed E-state index contributed by atoms with van der Waals surface area (Å²) in [6.45, 7) is 2.98. The first-order valence-corrected chi connectivity index (χ1v) is 8.68. The lowest BCUT2D eigenvalue weighted by Crippen LogP contribution is -2.45. The van der Waals surface area contributed by atoms with E-state index in [-0.39, 0.29) is 0 Å². The van der Waals surface area contributed by atoms with Crippen molar-refractivity contribution < 1.29 is 4.79 Å². The molecular formula is C16H30ClNO. The second kappa shape index (κ2) is 10.5. The molecule has 0 spiro atoms. The van der Waals surface area contributed by atoms with Crippen LogP contribution in [-0.4, -0.2) is 29.3 Å². The average Bonchev–Trinajstić information content (AvgIpc) is 2.35. The van der Waals surface area contributed by atoms with E-state index in [1.807, 2.05) is 4.90 Å². The molecule has 1 amide bonds. The predicted molar refractivity (Wildman–Crippen MR) is 82.7 cm³/mol. The van der Waals surface area contributed by atoms with E-state index in [9.17, 15) is 4.79 Å². The number of carbonyl (C=O) groups excluding carboxylic acids is 1. The lowest BCUT2D eigenvalue weighted by molar-refractivity contribution is -0.135. The number of nitrogens with zero attached hydrogens (tertiary/aromatic N) is 1. The van der Waals surface area contributed by atoms with Crippen molar-refractivity contribution in [1.29, 1.82) is 0 Å². The van der Waals surface area contributed by atoms with Crippen LogP contribution in [-0.2, 0) is 4.79 Å². The number of unbranched alkanes of at least 4 members (excludes halogenated alkanes) is 6. The quantitative estimate of drug-likeness (QED) is 0.397. The van der Waals surface area contributed by atoms with Crippen LogP contribution in [0.2, 0.25) is 0 Å². The molecule has 2 nitrogen and oxygen atoms in total. The highest BCUT2D eigenvalue weighted by Gasteiger charge is 2.27. The van der Waals surface area contributed by atoms with Gasteiger partial charge in [0.05, 0.1) is 0 Å². The first-order chi connectivity index (χ1) is 9.29. The highest BCUT2D eigenvalue weighted by molar-refractivity contribution is 6.18. The minimum Gasteiger partial charge on any atom is -0.339 e. The van der Waals surface area contributed by atoms with Crippen LogP contribution in [0.15, 0.2) is 0 Å². The molecule has 0 N–H and O–H groups in total. The third-order valence-electron chi connectivity index (χ3n) is 4.16. The van der Waals surface area contributed by atoms with E-state index in [1.54, 1.807) is 0 Å². The van der Waals surface area contributed by atoms with Crippen LogP contribution < -0.4 is 0 Å². The van der Waals surface area contributed by atoms with Gasteiger partial charge in [-0.05, 0) is 25.7 Å². The fraction of sp³-hybridized carbons (Fsp3) is 0.938. The third kappa shape index (κ3) is 6.65. The summed E-state index contributed by atoms with van der Waals surface area (Å²) in [5.74, 6) is 0.901. The van der Waals surface area contributed by atoms with E-state index in [0.29, 0.717) is 17.8 Å². The molecule has 0 heterocycles. The molecule has 1 saturated carbocycles. The van der Waals surface area contributed by atoms with Crippen molar-refractivity contribution >= 4 is 17.5 Å². The molecule has 0 aromatic rings. The molecule has 112 valence electrons. The average molecular weight is 288 g/mol. The summed E-state index contributed by atoms with van der Waals surface area (Å²) in [6.07, 6.45) is 13.2. The Kier molecular flexibility index (Phi) is 9.32. The van der Waals surface area contributed by atoms with Crippen molar-refractivity contribution in [2.75, 3.05) is 12.4 Å². The molecule has 1 aliphatic rings. The maximum atomic E-state index is 12.2. The van der Waals surface area contributed by atoms with E-state index in [4.69, 9.17) is 11.6 Å². The molecule has 0 saturated heterocycles. The molecule has 0 radical (unpaired) electrons. The third-order valence-corrected chi connectivity index (χ3v) is 4.32. The van der Waals surface area contributed by atoms with Gasteiger partial charge >= 0.3 is 0 Å². The van der Waals surface area contributed by atoms with Gasteiger partial charge in [-0.2, -0.15) is 0 Å². The number of hydrogen-bond donors (Lipinski definition) is 0. The Balaban J connectivity index is 2.07. The zero-order valence-corrected chi connectivity index (χ0v) is 13.3. The Hall–Kier alpha value is -0.240. The highest BCUT2D eigenvalue weighted by atomic mass is 35.5. The van der Waals surface area contributed by atoms with Crippen LogP contribution >= 0.6 is 11.6 Å². The first kappa shape index (κ1) is 16.8. The summed E-state index contributed by atoms with van der Waals surface area (Å²) in [5.41, 5.74) is 0. The van der Waals surface area contributed by atoms with Gasteiger partial charge in [-0.3, -0.25) is 4.79 Å². The maximum Gasteiger partial charge on any atom is 0.222 e. The van der Waals surface area contributed by atoms with Crippen LogP contribution in [0.1, 0.15) is 77.6 Å². The van der Waals surface area contributed by atoms with Crippen LogP contribution in [0.5, 0.6) is 0 Å². The van der Waals surface area contributed by atoms with E-state index in [0.717, 1.165) is 19.4 Å². The number of hydrogen-bond acceptors (Lipinski definition) is 1. The van der Waals surface area contributed by atoms with Gasteiger partial charge in [-0.15, -0.1) is 11.6 Å². The Morgan fingerprint density at radius 3 is 2.26 bits per heavy atom. The second-order valence-corrected chi connectivity index (χ2v) is 6.11. The van der Waals surface area contributed by atoms with Crippen molar-refractivity contribution in [3.63, 3.8) is 0 Å². The minimum absolute atomic E-state index is 0.332. The fourth-order valence-corrected chi connectivity index (χ4v) is 2.86. The summed E-state index contributed by atoms with van der Waals surface area (Å²) >= 11 is 5.80. The second-order valence-electron chi connectivity index (χ2n) is 5.73. The van der Waals surface area contributed by atoms with Crippen LogP contribution in [0.25, 0.3) is 0 Å². The summed E-state index contributed by atoms with van der Waals surface area (Å²) in [4.78, 5) is 14.2. The molecule has 0 aromatic heterocycles. The van der Waals surface area contributed by atoms with E-state index >= 15 is 0 Å². The van der Waals surface area contributed by atoms with Crippen molar-refractivity contribution in [2.45, 2.75) is 83.6 Å². The van der Waals surface area contributed by atoms with Gasteiger partial charge in [0.1, 0.15) is 0 Å². The van der Waals surface area contributed by atoms with E-state index in [1.165, 1.54) is 57.8 Å².